The van der Waals surface area contributed by atoms with E-state index in [1.54, 1.807) is 6.07 Å². The standard InChI is InChI=1S/C7H10N2O3/c8-3-4-9-6-2-1-5(12-6)7(10)11/h1-2,9H,3-4,8H2,(H,10,11). The normalized spacial score (nSPS) is 9.75. The van der Waals surface area contributed by atoms with E-state index in [1.165, 1.54) is 6.07 Å². The summed E-state index contributed by atoms with van der Waals surface area (Å²) in [5.74, 6) is -0.719. The maximum atomic E-state index is 10.3. The molecule has 0 amide bonds. The largest absolute Gasteiger partial charge is 0.475 e. The number of nitrogens with two attached hydrogens (primary N) is 1. The summed E-state index contributed by atoms with van der Waals surface area (Å²) in [6.45, 7) is 1.04. The van der Waals surface area contributed by atoms with E-state index in [1.807, 2.05) is 0 Å². The van der Waals surface area contributed by atoms with Gasteiger partial charge in [0.15, 0.2) is 5.88 Å². The van der Waals surface area contributed by atoms with Crippen molar-refractivity contribution < 1.29 is 14.3 Å². The third kappa shape index (κ3) is 2.00. The molecule has 12 heavy (non-hydrogen) atoms. The molecule has 1 aromatic heterocycles. The molecule has 0 aromatic carbocycles. The highest BCUT2D eigenvalue weighted by Gasteiger charge is 2.07. The van der Waals surface area contributed by atoms with Crippen molar-refractivity contribution in [3.8, 4) is 0 Å². The van der Waals surface area contributed by atoms with Crippen molar-refractivity contribution >= 4 is 11.9 Å². The van der Waals surface area contributed by atoms with E-state index in [4.69, 9.17) is 15.3 Å². The van der Waals surface area contributed by atoms with Gasteiger partial charge in [0, 0.05) is 19.2 Å². The van der Waals surface area contributed by atoms with E-state index < -0.39 is 5.97 Å². The van der Waals surface area contributed by atoms with Gasteiger partial charge >= 0.3 is 5.97 Å². The molecule has 0 unspecified atom stereocenters. The molecule has 1 heterocycles. The summed E-state index contributed by atoms with van der Waals surface area (Å²) in [6, 6.07) is 2.94. The van der Waals surface area contributed by atoms with Gasteiger partial charge in [-0.25, -0.2) is 4.79 Å². The number of rotatable bonds is 4. The highest BCUT2D eigenvalue weighted by molar-refractivity contribution is 5.84. The number of carbonyl (C=O) groups is 1. The molecule has 4 N–H and O–H groups in total. The summed E-state index contributed by atoms with van der Waals surface area (Å²) in [5, 5.41) is 11.3. The quantitative estimate of drug-likeness (QED) is 0.606. The Morgan fingerprint density at radius 3 is 2.92 bits per heavy atom. The first-order chi connectivity index (χ1) is 5.74. The Labute approximate surface area is 69.2 Å². The predicted molar refractivity (Wildman–Crippen MR) is 43.2 cm³/mol. The number of carboxylic acid groups (broad SMARTS) is 1. The second kappa shape index (κ2) is 3.77. The Balaban J connectivity index is 2.58. The summed E-state index contributed by atoms with van der Waals surface area (Å²) in [4.78, 5) is 10.3. The van der Waals surface area contributed by atoms with Gasteiger partial charge in [-0.05, 0) is 6.07 Å². The van der Waals surface area contributed by atoms with Crippen LogP contribution in [0, 0.1) is 0 Å². The summed E-state index contributed by atoms with van der Waals surface area (Å²) in [7, 11) is 0. The zero-order valence-electron chi connectivity index (χ0n) is 6.41. The van der Waals surface area contributed by atoms with Crippen LogP contribution >= 0.6 is 0 Å². The van der Waals surface area contributed by atoms with Gasteiger partial charge in [-0.2, -0.15) is 0 Å². The number of furan rings is 1. The highest BCUT2D eigenvalue weighted by atomic mass is 16.4. The monoisotopic (exact) mass is 170 g/mol. The molecular formula is C7H10N2O3. The van der Waals surface area contributed by atoms with Gasteiger partial charge in [-0.15, -0.1) is 0 Å². The van der Waals surface area contributed by atoms with Crippen molar-refractivity contribution in [2.24, 2.45) is 5.73 Å². The van der Waals surface area contributed by atoms with Crippen LogP contribution in [0.2, 0.25) is 0 Å². The zero-order valence-corrected chi connectivity index (χ0v) is 6.41. The number of nitrogens with one attached hydrogen (secondary N) is 1. The molecule has 0 aliphatic heterocycles. The molecular weight excluding hydrogens is 160 g/mol. The predicted octanol–water partition coefficient (Wildman–Crippen LogP) is 0.348. The Hall–Kier alpha value is -1.49. The second-order valence-electron chi connectivity index (χ2n) is 2.18. The van der Waals surface area contributed by atoms with E-state index in [2.05, 4.69) is 5.32 Å². The lowest BCUT2D eigenvalue weighted by Gasteiger charge is -1.97. The lowest BCUT2D eigenvalue weighted by Crippen LogP contribution is -2.12. The molecule has 0 aliphatic rings. The van der Waals surface area contributed by atoms with Gasteiger partial charge in [-0.1, -0.05) is 0 Å². The van der Waals surface area contributed by atoms with Crippen LogP contribution in [0.15, 0.2) is 16.5 Å². The lowest BCUT2D eigenvalue weighted by molar-refractivity contribution is 0.0663. The fourth-order valence-corrected chi connectivity index (χ4v) is 0.743. The molecule has 5 nitrogen and oxygen atoms in total. The number of hydrogen-bond donors (Lipinski definition) is 3. The second-order valence-corrected chi connectivity index (χ2v) is 2.18. The van der Waals surface area contributed by atoms with Crippen LogP contribution in [-0.4, -0.2) is 24.2 Å². The fraction of sp³-hybridized carbons (Fsp3) is 0.286. The Morgan fingerprint density at radius 2 is 2.42 bits per heavy atom. The average Bonchev–Trinajstić information content (AvgIpc) is 2.48. The lowest BCUT2D eigenvalue weighted by atomic mass is 10.4. The maximum absolute atomic E-state index is 10.3. The Morgan fingerprint density at radius 1 is 1.67 bits per heavy atom. The smallest absolute Gasteiger partial charge is 0.371 e. The van der Waals surface area contributed by atoms with Crippen molar-refractivity contribution in [3.63, 3.8) is 0 Å². The summed E-state index contributed by atoms with van der Waals surface area (Å²) < 4.78 is 4.88. The van der Waals surface area contributed by atoms with Crippen LogP contribution in [0.1, 0.15) is 10.6 Å². The zero-order chi connectivity index (χ0) is 8.97. The number of anilines is 1. The molecule has 66 valence electrons. The van der Waals surface area contributed by atoms with Gasteiger partial charge < -0.3 is 20.6 Å². The molecule has 0 saturated carbocycles. The van der Waals surface area contributed by atoms with Gasteiger partial charge in [0.25, 0.3) is 0 Å². The van der Waals surface area contributed by atoms with Gasteiger partial charge in [-0.3, -0.25) is 0 Å². The molecule has 5 heteroatoms. The van der Waals surface area contributed by atoms with Gasteiger partial charge in [0.2, 0.25) is 5.76 Å². The van der Waals surface area contributed by atoms with E-state index in [-0.39, 0.29) is 5.76 Å². The van der Waals surface area contributed by atoms with Crippen LogP contribution in [0.5, 0.6) is 0 Å². The molecule has 0 spiro atoms. The van der Waals surface area contributed by atoms with Gasteiger partial charge in [0.05, 0.1) is 0 Å². The number of hydrogen-bond acceptors (Lipinski definition) is 4. The molecule has 0 bridgehead atoms. The van der Waals surface area contributed by atoms with E-state index in [0.717, 1.165) is 0 Å². The van der Waals surface area contributed by atoms with Crippen LogP contribution in [0.3, 0.4) is 0 Å². The molecule has 0 aliphatic carbocycles. The highest BCUT2D eigenvalue weighted by Crippen LogP contribution is 2.12. The molecule has 0 atom stereocenters. The minimum atomic E-state index is -1.07. The van der Waals surface area contributed by atoms with E-state index in [9.17, 15) is 4.79 Å². The first-order valence-corrected chi connectivity index (χ1v) is 3.51. The molecule has 1 aromatic rings. The molecule has 1 rings (SSSR count). The Kier molecular flexibility index (Phi) is 2.71. The first-order valence-electron chi connectivity index (χ1n) is 3.51. The van der Waals surface area contributed by atoms with Crippen LogP contribution in [0.4, 0.5) is 5.88 Å². The van der Waals surface area contributed by atoms with Crippen molar-refractivity contribution in [3.05, 3.63) is 17.9 Å². The number of aromatic carboxylic acids is 1. The van der Waals surface area contributed by atoms with Crippen LogP contribution < -0.4 is 11.1 Å². The molecule has 0 radical (unpaired) electrons. The van der Waals surface area contributed by atoms with Crippen molar-refractivity contribution in [2.75, 3.05) is 18.4 Å². The fourth-order valence-electron chi connectivity index (χ4n) is 0.743. The third-order valence-corrected chi connectivity index (χ3v) is 1.26. The van der Waals surface area contributed by atoms with E-state index in [0.29, 0.717) is 19.0 Å². The Bertz CT molecular complexity index is 269. The van der Waals surface area contributed by atoms with Crippen LogP contribution in [-0.2, 0) is 0 Å². The van der Waals surface area contributed by atoms with Crippen molar-refractivity contribution in [1.82, 2.24) is 0 Å². The summed E-state index contributed by atoms with van der Waals surface area (Å²) >= 11 is 0. The summed E-state index contributed by atoms with van der Waals surface area (Å²) in [6.07, 6.45) is 0. The van der Waals surface area contributed by atoms with Crippen molar-refractivity contribution in [2.45, 2.75) is 0 Å². The van der Waals surface area contributed by atoms with Crippen LogP contribution in [0.25, 0.3) is 0 Å². The molecule has 0 saturated heterocycles. The topological polar surface area (TPSA) is 88.5 Å². The SMILES string of the molecule is NCCNc1ccc(C(=O)O)o1. The van der Waals surface area contributed by atoms with Gasteiger partial charge in [0.1, 0.15) is 0 Å². The maximum Gasteiger partial charge on any atom is 0.371 e. The minimum Gasteiger partial charge on any atom is -0.475 e. The van der Waals surface area contributed by atoms with E-state index >= 15 is 0 Å². The summed E-state index contributed by atoms with van der Waals surface area (Å²) in [5.41, 5.74) is 5.22. The molecule has 0 fully saturated rings. The van der Waals surface area contributed by atoms with Crippen molar-refractivity contribution in [1.29, 1.82) is 0 Å². The minimum absolute atomic E-state index is 0.0745. The first kappa shape index (κ1) is 8.61. The third-order valence-electron chi connectivity index (χ3n) is 1.26. The number of carboxylic acids is 1. The average molecular weight is 170 g/mol.